The first-order chi connectivity index (χ1) is 18.3. The van der Waals surface area contributed by atoms with Crippen LogP contribution in [-0.4, -0.2) is 0 Å². The lowest BCUT2D eigenvalue weighted by Gasteiger charge is -2.14. The van der Waals surface area contributed by atoms with Crippen molar-refractivity contribution >= 4 is 43.7 Å². The molecule has 0 bridgehead atoms. The van der Waals surface area contributed by atoms with Gasteiger partial charge >= 0.3 is 0 Å². The van der Waals surface area contributed by atoms with Crippen LogP contribution in [0.3, 0.4) is 0 Å². The van der Waals surface area contributed by atoms with Crippen molar-refractivity contribution in [1.29, 1.82) is 0 Å². The van der Waals surface area contributed by atoms with Gasteiger partial charge in [-0.1, -0.05) is 115 Å². The van der Waals surface area contributed by atoms with Crippen LogP contribution in [-0.2, 0) is 0 Å². The molecule has 0 amide bonds. The number of rotatable bonds is 4. The fourth-order valence-electron chi connectivity index (χ4n) is 5.47. The minimum atomic E-state index is 1.07. The predicted molar refractivity (Wildman–Crippen MR) is 160 cm³/mol. The summed E-state index contributed by atoms with van der Waals surface area (Å²) in [4.78, 5) is 0. The maximum Gasteiger partial charge on any atom is 0.0390 e. The molecular formula is C36H25N. The minimum absolute atomic E-state index is 1.07. The Kier molecular flexibility index (Phi) is 5.19. The standard InChI is InChI=1S/C36H25N/c1-3-17-31-25(10-1)12-9-21-32(31)26-13-7-15-29(22-26)37-30-16-8-14-27(23-30)36-24-28-11-2-4-18-33(28)34-19-5-6-20-35(34)36/h1-24,37H. The van der Waals surface area contributed by atoms with Crippen molar-refractivity contribution < 1.29 is 0 Å². The van der Waals surface area contributed by atoms with Gasteiger partial charge in [0.2, 0.25) is 0 Å². The van der Waals surface area contributed by atoms with Crippen LogP contribution in [0.2, 0.25) is 0 Å². The molecule has 1 heteroatoms. The van der Waals surface area contributed by atoms with E-state index in [1.165, 1.54) is 54.6 Å². The Balaban J connectivity index is 1.28. The van der Waals surface area contributed by atoms with Gasteiger partial charge in [0.1, 0.15) is 0 Å². The molecule has 0 aliphatic carbocycles. The van der Waals surface area contributed by atoms with Gasteiger partial charge in [-0.3, -0.25) is 0 Å². The molecule has 7 aromatic rings. The highest BCUT2D eigenvalue weighted by atomic mass is 14.9. The van der Waals surface area contributed by atoms with Gasteiger partial charge in [-0.05, 0) is 84.9 Å². The first-order valence-electron chi connectivity index (χ1n) is 12.7. The van der Waals surface area contributed by atoms with Gasteiger partial charge in [0.05, 0.1) is 0 Å². The van der Waals surface area contributed by atoms with Gasteiger partial charge in [-0.15, -0.1) is 0 Å². The summed E-state index contributed by atoms with van der Waals surface area (Å²) in [6, 6.07) is 52.1. The summed E-state index contributed by atoms with van der Waals surface area (Å²) in [5.41, 5.74) is 7.06. The fraction of sp³-hybridized carbons (Fsp3) is 0. The summed E-state index contributed by atoms with van der Waals surface area (Å²) in [5, 5.41) is 11.3. The number of benzene rings is 7. The molecule has 0 saturated carbocycles. The van der Waals surface area contributed by atoms with E-state index in [2.05, 4.69) is 151 Å². The number of anilines is 2. The second-order valence-electron chi connectivity index (χ2n) is 9.50. The summed E-state index contributed by atoms with van der Waals surface area (Å²) in [5.74, 6) is 0. The predicted octanol–water partition coefficient (Wildman–Crippen LogP) is 10.2. The number of hydrogen-bond acceptors (Lipinski definition) is 1. The molecule has 174 valence electrons. The minimum Gasteiger partial charge on any atom is -0.355 e. The Morgan fingerprint density at radius 2 is 0.865 bits per heavy atom. The molecule has 0 aromatic heterocycles. The topological polar surface area (TPSA) is 12.0 Å². The lowest BCUT2D eigenvalue weighted by Crippen LogP contribution is -1.92. The average molecular weight is 472 g/mol. The molecular weight excluding hydrogens is 446 g/mol. The largest absolute Gasteiger partial charge is 0.355 e. The molecule has 7 aromatic carbocycles. The van der Waals surface area contributed by atoms with Crippen LogP contribution in [0.4, 0.5) is 11.4 Å². The van der Waals surface area contributed by atoms with E-state index in [1.54, 1.807) is 0 Å². The van der Waals surface area contributed by atoms with Crippen LogP contribution >= 0.6 is 0 Å². The van der Waals surface area contributed by atoms with Crippen LogP contribution < -0.4 is 5.32 Å². The van der Waals surface area contributed by atoms with Crippen LogP contribution in [0, 0.1) is 0 Å². The van der Waals surface area contributed by atoms with Gasteiger partial charge in [0.25, 0.3) is 0 Å². The van der Waals surface area contributed by atoms with Crippen molar-refractivity contribution in [1.82, 2.24) is 0 Å². The number of nitrogens with one attached hydrogen (secondary N) is 1. The molecule has 0 saturated heterocycles. The number of fused-ring (bicyclic) bond motifs is 4. The smallest absolute Gasteiger partial charge is 0.0390 e. The number of hydrogen-bond donors (Lipinski definition) is 1. The van der Waals surface area contributed by atoms with Gasteiger partial charge in [0.15, 0.2) is 0 Å². The van der Waals surface area contributed by atoms with Gasteiger partial charge in [-0.2, -0.15) is 0 Å². The van der Waals surface area contributed by atoms with Crippen molar-refractivity contribution in [2.24, 2.45) is 0 Å². The van der Waals surface area contributed by atoms with Crippen molar-refractivity contribution in [2.45, 2.75) is 0 Å². The maximum absolute atomic E-state index is 3.66. The zero-order valence-electron chi connectivity index (χ0n) is 20.4. The van der Waals surface area contributed by atoms with E-state index in [4.69, 9.17) is 0 Å². The zero-order valence-corrected chi connectivity index (χ0v) is 20.4. The quantitative estimate of drug-likeness (QED) is 0.252. The summed E-state index contributed by atoms with van der Waals surface area (Å²) < 4.78 is 0. The molecule has 37 heavy (non-hydrogen) atoms. The Hall–Kier alpha value is -4.88. The van der Waals surface area contributed by atoms with Crippen molar-refractivity contribution in [3.05, 3.63) is 146 Å². The van der Waals surface area contributed by atoms with Crippen LogP contribution in [0.15, 0.2) is 146 Å². The summed E-state index contributed by atoms with van der Waals surface area (Å²) in [6.07, 6.45) is 0. The molecule has 1 N–H and O–H groups in total. The van der Waals surface area contributed by atoms with Crippen LogP contribution in [0.1, 0.15) is 0 Å². The zero-order chi connectivity index (χ0) is 24.6. The molecule has 0 atom stereocenters. The molecule has 0 unspecified atom stereocenters. The fourth-order valence-corrected chi connectivity index (χ4v) is 5.47. The van der Waals surface area contributed by atoms with E-state index in [0.717, 1.165) is 11.4 Å². The Morgan fingerprint density at radius 3 is 1.62 bits per heavy atom. The molecule has 0 heterocycles. The third kappa shape index (κ3) is 3.91. The van der Waals surface area contributed by atoms with Gasteiger partial charge in [-0.25, -0.2) is 0 Å². The highest BCUT2D eigenvalue weighted by Gasteiger charge is 2.09. The lowest BCUT2D eigenvalue weighted by molar-refractivity contribution is 1.54. The Bertz CT molecular complexity index is 1910. The van der Waals surface area contributed by atoms with Crippen LogP contribution in [0.5, 0.6) is 0 Å². The molecule has 0 fully saturated rings. The maximum atomic E-state index is 3.66. The molecule has 0 aliphatic rings. The molecule has 0 spiro atoms. The first kappa shape index (κ1) is 21.4. The second-order valence-corrected chi connectivity index (χ2v) is 9.50. The third-order valence-electron chi connectivity index (χ3n) is 7.19. The van der Waals surface area contributed by atoms with E-state index in [9.17, 15) is 0 Å². The molecule has 7 rings (SSSR count). The van der Waals surface area contributed by atoms with E-state index in [0.29, 0.717) is 0 Å². The molecule has 1 nitrogen and oxygen atoms in total. The van der Waals surface area contributed by atoms with Crippen molar-refractivity contribution in [3.8, 4) is 22.3 Å². The molecule has 0 radical (unpaired) electrons. The van der Waals surface area contributed by atoms with Crippen LogP contribution in [0.25, 0.3) is 54.6 Å². The lowest BCUT2D eigenvalue weighted by atomic mass is 9.93. The summed E-state index contributed by atoms with van der Waals surface area (Å²) >= 11 is 0. The van der Waals surface area contributed by atoms with Crippen molar-refractivity contribution in [2.75, 3.05) is 5.32 Å². The van der Waals surface area contributed by atoms with E-state index >= 15 is 0 Å². The van der Waals surface area contributed by atoms with Gasteiger partial charge in [0, 0.05) is 11.4 Å². The summed E-state index contributed by atoms with van der Waals surface area (Å²) in [7, 11) is 0. The highest BCUT2D eigenvalue weighted by Crippen LogP contribution is 2.36. The second kappa shape index (κ2) is 8.96. The van der Waals surface area contributed by atoms with E-state index in [1.807, 2.05) is 0 Å². The Labute approximate surface area is 216 Å². The highest BCUT2D eigenvalue weighted by molar-refractivity contribution is 6.13. The average Bonchev–Trinajstić information content (AvgIpc) is 2.97. The van der Waals surface area contributed by atoms with E-state index in [-0.39, 0.29) is 0 Å². The summed E-state index contributed by atoms with van der Waals surface area (Å²) in [6.45, 7) is 0. The normalized spacial score (nSPS) is 11.2. The third-order valence-corrected chi connectivity index (χ3v) is 7.19. The van der Waals surface area contributed by atoms with E-state index < -0.39 is 0 Å². The monoisotopic (exact) mass is 471 g/mol. The first-order valence-corrected chi connectivity index (χ1v) is 12.7. The SMILES string of the molecule is c1cc(Nc2cccc(-c3cc4ccccc4c4ccccc34)c2)cc(-c2cccc3ccccc23)c1. The van der Waals surface area contributed by atoms with Crippen molar-refractivity contribution in [3.63, 3.8) is 0 Å². The Morgan fingerprint density at radius 1 is 0.324 bits per heavy atom. The molecule has 0 aliphatic heterocycles. The van der Waals surface area contributed by atoms with Gasteiger partial charge < -0.3 is 5.32 Å².